The molecule has 0 saturated heterocycles. The van der Waals surface area contributed by atoms with Crippen LogP contribution in [0, 0.1) is 0 Å². The van der Waals surface area contributed by atoms with Crippen LogP contribution in [0.25, 0.3) is 0 Å². The van der Waals surface area contributed by atoms with E-state index in [0.29, 0.717) is 12.4 Å². The zero-order chi connectivity index (χ0) is 12.6. The zero-order valence-corrected chi connectivity index (χ0v) is 10.4. The molecule has 0 amide bonds. The highest BCUT2D eigenvalue weighted by Crippen LogP contribution is 2.11. The average Bonchev–Trinajstić information content (AvgIpc) is 2.42. The summed E-state index contributed by atoms with van der Waals surface area (Å²) in [5.74, 6) is 0.319. The fourth-order valence-electron chi connectivity index (χ4n) is 1.81. The molecule has 0 aliphatic carbocycles. The molecule has 0 saturated carbocycles. The summed E-state index contributed by atoms with van der Waals surface area (Å²) in [5.41, 5.74) is 2.44. The summed E-state index contributed by atoms with van der Waals surface area (Å²) in [5, 5.41) is 9.17. The predicted molar refractivity (Wildman–Crippen MR) is 72.5 cm³/mol. The lowest BCUT2D eigenvalue weighted by Crippen LogP contribution is -1.97. The van der Waals surface area contributed by atoms with Crippen molar-refractivity contribution in [2.45, 2.75) is 19.4 Å². The number of ether oxygens (including phenoxy) is 1. The van der Waals surface area contributed by atoms with Crippen molar-refractivity contribution < 1.29 is 9.84 Å². The number of hydrogen-bond donors (Lipinski definition) is 1. The van der Waals surface area contributed by atoms with Crippen molar-refractivity contribution in [1.29, 1.82) is 0 Å². The van der Waals surface area contributed by atoms with Crippen LogP contribution < -0.4 is 0 Å². The Morgan fingerprint density at radius 2 is 1.56 bits per heavy atom. The summed E-state index contributed by atoms with van der Waals surface area (Å²) < 4.78 is 5.62. The van der Waals surface area contributed by atoms with Crippen molar-refractivity contribution in [2.24, 2.45) is 0 Å². The summed E-state index contributed by atoms with van der Waals surface area (Å²) >= 11 is 0. The maximum atomic E-state index is 9.17. The second-order valence-corrected chi connectivity index (χ2v) is 4.31. The molecular formula is C16H18O2. The minimum absolute atomic E-state index is 0.319. The molecule has 2 nitrogen and oxygen atoms in total. The Balaban J connectivity index is 1.63. The Bertz CT molecular complexity index is 448. The van der Waals surface area contributed by atoms with Gasteiger partial charge in [0.1, 0.15) is 5.75 Å². The lowest BCUT2D eigenvalue weighted by Gasteiger charge is -2.04. The highest BCUT2D eigenvalue weighted by molar-refractivity contribution is 5.25. The molecule has 0 fully saturated rings. The van der Waals surface area contributed by atoms with E-state index in [2.05, 4.69) is 12.1 Å². The molecule has 0 radical (unpaired) electrons. The first-order valence-electron chi connectivity index (χ1n) is 6.24. The van der Waals surface area contributed by atoms with Crippen molar-refractivity contribution in [3.63, 3.8) is 0 Å². The quantitative estimate of drug-likeness (QED) is 0.785. The van der Waals surface area contributed by atoms with Gasteiger partial charge in [0.05, 0.1) is 6.61 Å². The van der Waals surface area contributed by atoms with Gasteiger partial charge in [-0.25, -0.2) is 0 Å². The third kappa shape index (κ3) is 4.22. The largest absolute Gasteiger partial charge is 0.508 e. The minimum Gasteiger partial charge on any atom is -0.508 e. The van der Waals surface area contributed by atoms with Crippen LogP contribution >= 0.6 is 0 Å². The monoisotopic (exact) mass is 242 g/mol. The van der Waals surface area contributed by atoms with E-state index in [-0.39, 0.29) is 0 Å². The van der Waals surface area contributed by atoms with Gasteiger partial charge in [0, 0.05) is 6.61 Å². The zero-order valence-electron chi connectivity index (χ0n) is 10.4. The molecule has 0 unspecified atom stereocenters. The second kappa shape index (κ2) is 6.82. The van der Waals surface area contributed by atoms with E-state index in [1.54, 1.807) is 12.1 Å². The molecule has 2 heteroatoms. The van der Waals surface area contributed by atoms with Crippen molar-refractivity contribution in [2.75, 3.05) is 6.61 Å². The Hall–Kier alpha value is -1.80. The summed E-state index contributed by atoms with van der Waals surface area (Å²) in [6.45, 7) is 1.44. The van der Waals surface area contributed by atoms with E-state index in [4.69, 9.17) is 9.84 Å². The van der Waals surface area contributed by atoms with E-state index in [9.17, 15) is 0 Å². The van der Waals surface area contributed by atoms with Gasteiger partial charge in [-0.3, -0.25) is 0 Å². The van der Waals surface area contributed by atoms with Crippen molar-refractivity contribution in [1.82, 2.24) is 0 Å². The first kappa shape index (κ1) is 12.7. The van der Waals surface area contributed by atoms with Crippen molar-refractivity contribution in [3.05, 3.63) is 65.7 Å². The summed E-state index contributed by atoms with van der Waals surface area (Å²) in [7, 11) is 0. The van der Waals surface area contributed by atoms with Gasteiger partial charge in [-0.1, -0.05) is 42.5 Å². The van der Waals surface area contributed by atoms with Crippen LogP contribution in [0.3, 0.4) is 0 Å². The number of hydrogen-bond acceptors (Lipinski definition) is 2. The lowest BCUT2D eigenvalue weighted by molar-refractivity contribution is 0.118. The minimum atomic E-state index is 0.319. The van der Waals surface area contributed by atoms with E-state index >= 15 is 0 Å². The Morgan fingerprint density at radius 3 is 2.28 bits per heavy atom. The molecule has 2 rings (SSSR count). The molecular weight excluding hydrogens is 224 g/mol. The molecule has 94 valence electrons. The van der Waals surface area contributed by atoms with Crippen molar-refractivity contribution in [3.8, 4) is 5.75 Å². The molecule has 1 N–H and O–H groups in total. The maximum Gasteiger partial charge on any atom is 0.115 e. The van der Waals surface area contributed by atoms with Gasteiger partial charge in [0.25, 0.3) is 0 Å². The molecule has 0 atom stereocenters. The summed E-state index contributed by atoms with van der Waals surface area (Å²) in [6.07, 6.45) is 1.98. The molecule has 18 heavy (non-hydrogen) atoms. The van der Waals surface area contributed by atoms with Gasteiger partial charge in [-0.15, -0.1) is 0 Å². The topological polar surface area (TPSA) is 29.5 Å². The standard InChI is InChI=1S/C16H18O2/c17-16-10-8-14(9-11-16)7-4-12-18-13-15-5-2-1-3-6-15/h1-3,5-6,8-11,17H,4,7,12-13H2. The molecule has 0 spiro atoms. The Morgan fingerprint density at radius 1 is 0.833 bits per heavy atom. The Labute approximate surface area is 108 Å². The highest BCUT2D eigenvalue weighted by Gasteiger charge is 1.95. The number of benzene rings is 2. The van der Waals surface area contributed by atoms with Gasteiger partial charge < -0.3 is 9.84 Å². The summed E-state index contributed by atoms with van der Waals surface area (Å²) in [6, 6.07) is 17.5. The van der Waals surface area contributed by atoms with Crippen LogP contribution in [0.2, 0.25) is 0 Å². The van der Waals surface area contributed by atoms with Gasteiger partial charge in [0.2, 0.25) is 0 Å². The number of aromatic hydroxyl groups is 1. The molecule has 0 aliphatic heterocycles. The normalized spacial score (nSPS) is 10.4. The van der Waals surface area contributed by atoms with Crippen LogP contribution in [0.4, 0.5) is 0 Å². The van der Waals surface area contributed by atoms with Crippen LogP contribution in [0.5, 0.6) is 5.75 Å². The van der Waals surface area contributed by atoms with Crippen LogP contribution in [0.1, 0.15) is 17.5 Å². The van der Waals surface area contributed by atoms with Gasteiger partial charge in [0.15, 0.2) is 0 Å². The Kier molecular flexibility index (Phi) is 4.79. The van der Waals surface area contributed by atoms with Crippen LogP contribution in [0.15, 0.2) is 54.6 Å². The molecule has 0 heterocycles. The van der Waals surface area contributed by atoms with E-state index in [1.165, 1.54) is 11.1 Å². The predicted octanol–water partition coefficient (Wildman–Crippen LogP) is 3.54. The number of phenolic OH excluding ortho intramolecular Hbond substituents is 1. The van der Waals surface area contributed by atoms with Gasteiger partial charge in [-0.2, -0.15) is 0 Å². The molecule has 2 aromatic carbocycles. The van der Waals surface area contributed by atoms with E-state index in [0.717, 1.165) is 19.4 Å². The first-order chi connectivity index (χ1) is 8.84. The van der Waals surface area contributed by atoms with Crippen LogP contribution in [-0.2, 0) is 17.8 Å². The van der Waals surface area contributed by atoms with E-state index < -0.39 is 0 Å². The van der Waals surface area contributed by atoms with E-state index in [1.807, 2.05) is 30.3 Å². The fourth-order valence-corrected chi connectivity index (χ4v) is 1.81. The third-order valence-corrected chi connectivity index (χ3v) is 2.80. The van der Waals surface area contributed by atoms with Crippen molar-refractivity contribution >= 4 is 0 Å². The lowest BCUT2D eigenvalue weighted by atomic mass is 10.1. The smallest absolute Gasteiger partial charge is 0.115 e. The molecule has 0 bridgehead atoms. The van der Waals surface area contributed by atoms with Crippen LogP contribution in [-0.4, -0.2) is 11.7 Å². The molecule has 2 aromatic rings. The maximum absolute atomic E-state index is 9.17. The number of aryl methyl sites for hydroxylation is 1. The number of rotatable bonds is 6. The molecule has 0 aliphatic rings. The average molecular weight is 242 g/mol. The second-order valence-electron chi connectivity index (χ2n) is 4.31. The highest BCUT2D eigenvalue weighted by atomic mass is 16.5. The third-order valence-electron chi connectivity index (χ3n) is 2.80. The van der Waals surface area contributed by atoms with Gasteiger partial charge >= 0.3 is 0 Å². The summed E-state index contributed by atoms with van der Waals surface area (Å²) in [4.78, 5) is 0. The first-order valence-corrected chi connectivity index (χ1v) is 6.24. The fraction of sp³-hybridized carbons (Fsp3) is 0.250. The van der Waals surface area contributed by atoms with Gasteiger partial charge in [-0.05, 0) is 36.1 Å². The number of phenols is 1. The SMILES string of the molecule is Oc1ccc(CCCOCc2ccccc2)cc1. The molecule has 0 aromatic heterocycles.